The van der Waals surface area contributed by atoms with Crippen LogP contribution in [-0.2, 0) is 28.0 Å². The van der Waals surface area contributed by atoms with Gasteiger partial charge in [-0.3, -0.25) is 0 Å². The fourth-order valence-corrected chi connectivity index (χ4v) is 1.53. The van der Waals surface area contributed by atoms with Crippen LogP contribution in [0.3, 0.4) is 0 Å². The SMILES string of the molecule is COP1(OC)(OC)OOO1. The average Bonchev–Trinajstić information content (AvgIpc) is 1.91. The molecule has 0 atom stereocenters. The van der Waals surface area contributed by atoms with Gasteiger partial charge < -0.3 is 0 Å². The molecule has 0 amide bonds. The van der Waals surface area contributed by atoms with Crippen LogP contribution in [0, 0.1) is 0 Å². The Hall–Kier alpha value is 0.190. The van der Waals surface area contributed by atoms with E-state index in [0.717, 1.165) is 0 Å². The van der Waals surface area contributed by atoms with Crippen LogP contribution >= 0.6 is 7.74 Å². The molecule has 0 aromatic heterocycles. The molecule has 0 saturated carbocycles. The van der Waals surface area contributed by atoms with E-state index in [1.807, 2.05) is 0 Å². The van der Waals surface area contributed by atoms with Gasteiger partial charge >= 0.3 is 57.0 Å². The Morgan fingerprint density at radius 3 is 1.30 bits per heavy atom. The van der Waals surface area contributed by atoms with E-state index < -0.39 is 7.74 Å². The standard InChI is InChI=1S/C3H9O6P/c1-4-10(5-2,6-3)8-7-9-10/h1-3H3. The molecule has 1 fully saturated rings. The summed E-state index contributed by atoms with van der Waals surface area (Å²) in [6.45, 7) is 0. The van der Waals surface area contributed by atoms with Gasteiger partial charge in [-0.25, -0.2) is 0 Å². The van der Waals surface area contributed by atoms with Gasteiger partial charge in [-0.15, -0.1) is 0 Å². The maximum absolute atomic E-state index is 4.78. The van der Waals surface area contributed by atoms with Gasteiger partial charge in [0, 0.05) is 0 Å². The van der Waals surface area contributed by atoms with Gasteiger partial charge in [0.05, 0.1) is 0 Å². The molecule has 0 unspecified atom stereocenters. The molecule has 0 aromatic rings. The Bertz CT molecular complexity index is 101. The van der Waals surface area contributed by atoms with Crippen LogP contribution in [-0.4, -0.2) is 21.3 Å². The van der Waals surface area contributed by atoms with Gasteiger partial charge in [0.25, 0.3) is 0 Å². The topological polar surface area (TPSA) is 55.4 Å². The Morgan fingerprint density at radius 1 is 0.900 bits per heavy atom. The van der Waals surface area contributed by atoms with Crippen LogP contribution in [0.25, 0.3) is 0 Å². The summed E-state index contributed by atoms with van der Waals surface area (Å²) in [5.41, 5.74) is 0. The van der Waals surface area contributed by atoms with Gasteiger partial charge in [-0.2, -0.15) is 0 Å². The predicted molar refractivity (Wildman–Crippen MR) is 31.2 cm³/mol. The summed E-state index contributed by atoms with van der Waals surface area (Å²) < 4.78 is 23.3. The van der Waals surface area contributed by atoms with E-state index in [2.05, 4.69) is 14.4 Å². The molecule has 0 spiro atoms. The van der Waals surface area contributed by atoms with Crippen molar-refractivity contribution < 1.29 is 28.0 Å². The Balaban J connectivity index is 2.71. The van der Waals surface area contributed by atoms with Crippen molar-refractivity contribution in [3.63, 3.8) is 0 Å². The van der Waals surface area contributed by atoms with Gasteiger partial charge in [0.15, 0.2) is 0 Å². The van der Waals surface area contributed by atoms with Crippen molar-refractivity contribution in [2.75, 3.05) is 21.3 Å². The minimum atomic E-state index is -3.69. The van der Waals surface area contributed by atoms with E-state index in [1.165, 1.54) is 21.3 Å². The minimum absolute atomic E-state index is 1.34. The second-order valence-electron chi connectivity index (χ2n) is 1.51. The average molecular weight is 172 g/mol. The fraction of sp³-hybridized carbons (Fsp3) is 1.00. The third kappa shape index (κ3) is 0.860. The molecule has 1 aliphatic rings. The monoisotopic (exact) mass is 172 g/mol. The van der Waals surface area contributed by atoms with Gasteiger partial charge in [-0.1, -0.05) is 0 Å². The first-order valence-electron chi connectivity index (χ1n) is 2.47. The molecular formula is C3H9O6P. The van der Waals surface area contributed by atoms with Crippen LogP contribution in [0.2, 0.25) is 0 Å². The zero-order valence-electron chi connectivity index (χ0n) is 5.90. The molecule has 0 bridgehead atoms. The molecule has 7 heteroatoms. The van der Waals surface area contributed by atoms with E-state index in [9.17, 15) is 0 Å². The quantitative estimate of drug-likeness (QED) is 0.466. The maximum atomic E-state index is 4.78. The zero-order chi connectivity index (χ0) is 7.69. The summed E-state index contributed by atoms with van der Waals surface area (Å²) in [4.78, 5) is 0. The Labute approximate surface area is 58.1 Å². The molecule has 1 aliphatic heterocycles. The molecule has 0 N–H and O–H groups in total. The third-order valence-corrected chi connectivity index (χ3v) is 3.60. The second-order valence-corrected chi connectivity index (χ2v) is 4.39. The summed E-state index contributed by atoms with van der Waals surface area (Å²) >= 11 is 0. The van der Waals surface area contributed by atoms with Crippen molar-refractivity contribution >= 4 is 7.74 Å². The van der Waals surface area contributed by atoms with Crippen molar-refractivity contribution in [2.24, 2.45) is 0 Å². The van der Waals surface area contributed by atoms with Crippen LogP contribution < -0.4 is 0 Å². The summed E-state index contributed by atoms with van der Waals surface area (Å²) in [6.07, 6.45) is 0. The number of rotatable bonds is 3. The van der Waals surface area contributed by atoms with Gasteiger partial charge in [-0.05, 0) is 0 Å². The second kappa shape index (κ2) is 2.35. The van der Waals surface area contributed by atoms with Crippen molar-refractivity contribution in [1.29, 1.82) is 0 Å². The molecule has 0 aromatic carbocycles. The van der Waals surface area contributed by atoms with Crippen molar-refractivity contribution in [1.82, 2.24) is 0 Å². The van der Waals surface area contributed by atoms with Crippen molar-refractivity contribution in [2.45, 2.75) is 0 Å². The molecule has 1 saturated heterocycles. The normalized spacial score (nSPS) is 31.7. The fourth-order valence-electron chi connectivity index (χ4n) is 0.511. The van der Waals surface area contributed by atoms with Gasteiger partial charge in [0.1, 0.15) is 0 Å². The van der Waals surface area contributed by atoms with Crippen molar-refractivity contribution in [3.8, 4) is 0 Å². The van der Waals surface area contributed by atoms with E-state index in [0.29, 0.717) is 0 Å². The Kier molecular flexibility index (Phi) is 1.95. The van der Waals surface area contributed by atoms with Crippen LogP contribution in [0.5, 0.6) is 0 Å². The summed E-state index contributed by atoms with van der Waals surface area (Å²) in [5, 5.41) is 4.00. The first kappa shape index (κ1) is 8.29. The first-order chi connectivity index (χ1) is 4.70. The van der Waals surface area contributed by atoms with Crippen LogP contribution in [0.1, 0.15) is 0 Å². The van der Waals surface area contributed by atoms with Crippen molar-refractivity contribution in [3.05, 3.63) is 0 Å². The van der Waals surface area contributed by atoms with Gasteiger partial charge in [0.2, 0.25) is 0 Å². The summed E-state index contributed by atoms with van der Waals surface area (Å²) in [5.74, 6) is 0. The summed E-state index contributed by atoms with van der Waals surface area (Å²) in [6, 6.07) is 0. The van der Waals surface area contributed by atoms with E-state index in [1.54, 1.807) is 0 Å². The molecule has 1 rings (SSSR count). The van der Waals surface area contributed by atoms with Crippen LogP contribution in [0.4, 0.5) is 0 Å². The first-order valence-corrected chi connectivity index (χ1v) is 4.30. The molecule has 62 valence electrons. The molecular weight excluding hydrogens is 163 g/mol. The molecule has 1 heterocycles. The molecule has 10 heavy (non-hydrogen) atoms. The van der Waals surface area contributed by atoms with E-state index in [-0.39, 0.29) is 0 Å². The molecule has 6 nitrogen and oxygen atoms in total. The zero-order valence-corrected chi connectivity index (χ0v) is 6.79. The van der Waals surface area contributed by atoms with Crippen LogP contribution in [0.15, 0.2) is 0 Å². The predicted octanol–water partition coefficient (Wildman–Crippen LogP) is 0.947. The third-order valence-electron chi connectivity index (χ3n) is 1.20. The van der Waals surface area contributed by atoms with E-state index in [4.69, 9.17) is 13.6 Å². The Morgan fingerprint density at radius 2 is 1.30 bits per heavy atom. The molecule has 0 radical (unpaired) electrons. The van der Waals surface area contributed by atoms with E-state index >= 15 is 0 Å². The number of hydrogen-bond acceptors (Lipinski definition) is 6. The number of hydrogen-bond donors (Lipinski definition) is 0. The summed E-state index contributed by atoms with van der Waals surface area (Å²) in [7, 11) is 0.328. The molecule has 0 aliphatic carbocycles.